The average molecular weight is 542 g/mol. The van der Waals surface area contributed by atoms with Crippen LogP contribution < -0.4 is 5.32 Å². The molecule has 0 aliphatic rings. The topological polar surface area (TPSA) is 24.9 Å². The van der Waals surface area contributed by atoms with Gasteiger partial charge in [0.2, 0.25) is 0 Å². The number of anilines is 2. The van der Waals surface area contributed by atoms with E-state index < -0.39 is 0 Å². The largest absolute Gasteiger partial charge is 0.330 e. The normalized spacial score (nSPS) is 11.0. The highest BCUT2D eigenvalue weighted by Crippen LogP contribution is 2.38. The van der Waals surface area contributed by atoms with Gasteiger partial charge in [0.05, 0.1) is 15.9 Å². The van der Waals surface area contributed by atoms with Crippen LogP contribution in [0.25, 0.3) is 10.2 Å². The maximum absolute atomic E-state index is 4.59. The lowest BCUT2D eigenvalue weighted by Crippen LogP contribution is -1.92. The summed E-state index contributed by atoms with van der Waals surface area (Å²) in [6, 6.07) is 10.1. The van der Waals surface area contributed by atoms with Crippen LogP contribution in [0.2, 0.25) is 0 Å². The summed E-state index contributed by atoms with van der Waals surface area (Å²) in [5, 5.41) is 4.22. The summed E-state index contributed by atoms with van der Waals surface area (Å²) in [5.74, 6) is 0. The van der Waals surface area contributed by atoms with Crippen molar-refractivity contribution in [1.29, 1.82) is 0 Å². The Morgan fingerprint density at radius 1 is 0.900 bits per heavy atom. The van der Waals surface area contributed by atoms with E-state index >= 15 is 0 Å². The molecule has 2 aromatic carbocycles. The zero-order chi connectivity index (χ0) is 14.3. The first kappa shape index (κ1) is 15.0. The molecule has 0 fully saturated rings. The van der Waals surface area contributed by atoms with Crippen LogP contribution in [0, 0.1) is 0 Å². The summed E-state index contributed by atoms with van der Waals surface area (Å²) < 4.78 is 5.16. The predicted octanol–water partition coefficient (Wildman–Crippen LogP) is 7.09. The minimum Gasteiger partial charge on any atom is -0.330 e. The molecule has 0 aliphatic carbocycles. The molecule has 0 unspecified atom stereocenters. The summed E-state index contributed by atoms with van der Waals surface area (Å²) in [7, 11) is 0. The Morgan fingerprint density at radius 2 is 1.60 bits per heavy atom. The summed E-state index contributed by atoms with van der Waals surface area (Å²) in [5.41, 5.74) is 1.95. The lowest BCUT2D eigenvalue weighted by Gasteiger charge is -2.08. The number of hydrogen-bond donors (Lipinski definition) is 1. The second kappa shape index (κ2) is 6.04. The molecule has 0 atom stereocenters. The molecule has 0 saturated heterocycles. The number of nitrogens with one attached hydrogen (secondary N) is 1. The molecule has 1 aromatic heterocycles. The minimum atomic E-state index is 0.863. The number of hydrogen-bond acceptors (Lipinski definition) is 3. The van der Waals surface area contributed by atoms with Gasteiger partial charge in [-0.3, -0.25) is 0 Å². The smallest absolute Gasteiger partial charge is 0.188 e. The van der Waals surface area contributed by atoms with Crippen molar-refractivity contribution in [2.45, 2.75) is 0 Å². The molecule has 3 rings (SSSR count). The quantitative estimate of drug-likeness (QED) is 0.375. The summed E-state index contributed by atoms with van der Waals surface area (Å²) in [6.45, 7) is 0. The fraction of sp³-hybridized carbons (Fsp3) is 0. The van der Waals surface area contributed by atoms with Gasteiger partial charge >= 0.3 is 0 Å². The third-order valence-corrected chi connectivity index (χ3v) is 5.72. The highest BCUT2D eigenvalue weighted by atomic mass is 79.9. The minimum absolute atomic E-state index is 0.863. The van der Waals surface area contributed by atoms with Gasteiger partial charge in [-0.1, -0.05) is 43.2 Å². The van der Waals surface area contributed by atoms with Crippen molar-refractivity contribution >= 4 is 96.1 Å². The first-order chi connectivity index (χ1) is 9.52. The fourth-order valence-electron chi connectivity index (χ4n) is 1.72. The van der Waals surface area contributed by atoms with Gasteiger partial charge < -0.3 is 5.32 Å². The number of benzene rings is 2. The molecule has 20 heavy (non-hydrogen) atoms. The monoisotopic (exact) mass is 538 g/mol. The van der Waals surface area contributed by atoms with Crippen LogP contribution in [-0.4, -0.2) is 4.98 Å². The number of rotatable bonds is 2. The number of halogens is 4. The fourth-order valence-corrected chi connectivity index (χ4v) is 5.60. The summed E-state index contributed by atoms with van der Waals surface area (Å²) in [4.78, 5) is 4.59. The maximum Gasteiger partial charge on any atom is 0.188 e. The van der Waals surface area contributed by atoms with Crippen molar-refractivity contribution < 1.29 is 0 Å². The first-order valence-corrected chi connectivity index (χ1v) is 9.49. The Hall–Kier alpha value is 0.0500. The molecule has 102 valence electrons. The highest BCUT2D eigenvalue weighted by Gasteiger charge is 2.10. The molecule has 2 nitrogen and oxygen atoms in total. The standard InChI is InChI=1S/C13H6Br4N2S/c14-6-1-2-10-11(5-6)20-13(18-10)19-12-8(16)3-7(15)4-9(12)17/h1-5H,(H,18,19). The molecule has 0 radical (unpaired) electrons. The van der Waals surface area contributed by atoms with E-state index in [0.717, 1.165) is 38.9 Å². The van der Waals surface area contributed by atoms with Gasteiger partial charge in [0.15, 0.2) is 5.13 Å². The second-order valence-corrected chi connectivity index (χ2v) is 8.57. The number of nitrogens with zero attached hydrogens (tertiary/aromatic N) is 1. The molecule has 0 saturated carbocycles. The zero-order valence-electron chi connectivity index (χ0n) is 9.75. The van der Waals surface area contributed by atoms with Gasteiger partial charge in [-0.15, -0.1) is 0 Å². The third-order valence-electron chi connectivity index (χ3n) is 2.59. The molecule has 0 amide bonds. The molecule has 3 aromatic rings. The summed E-state index contributed by atoms with van der Waals surface area (Å²) in [6.07, 6.45) is 0. The number of aromatic nitrogens is 1. The molecular weight excluding hydrogens is 536 g/mol. The van der Waals surface area contributed by atoms with Crippen LogP contribution >= 0.6 is 75.1 Å². The Labute approximate surface area is 153 Å². The van der Waals surface area contributed by atoms with E-state index in [1.165, 1.54) is 0 Å². The van der Waals surface area contributed by atoms with Gasteiger partial charge in [0.1, 0.15) is 0 Å². The van der Waals surface area contributed by atoms with Crippen molar-refractivity contribution in [2.24, 2.45) is 0 Å². The molecule has 0 aliphatic heterocycles. The Kier molecular flexibility index (Phi) is 4.52. The van der Waals surface area contributed by atoms with Crippen molar-refractivity contribution in [3.05, 3.63) is 48.2 Å². The highest BCUT2D eigenvalue weighted by molar-refractivity contribution is 9.11. The van der Waals surface area contributed by atoms with Gasteiger partial charge in [-0.05, 0) is 62.2 Å². The van der Waals surface area contributed by atoms with Gasteiger partial charge in [-0.25, -0.2) is 4.98 Å². The molecule has 0 bridgehead atoms. The Morgan fingerprint density at radius 3 is 2.30 bits per heavy atom. The number of thiazole rings is 1. The van der Waals surface area contributed by atoms with Crippen LogP contribution in [0.3, 0.4) is 0 Å². The zero-order valence-corrected chi connectivity index (χ0v) is 16.9. The Balaban J connectivity index is 2.01. The van der Waals surface area contributed by atoms with E-state index in [0.29, 0.717) is 0 Å². The van der Waals surface area contributed by atoms with Gasteiger partial charge in [0, 0.05) is 17.9 Å². The van der Waals surface area contributed by atoms with E-state index in [1.807, 2.05) is 24.3 Å². The van der Waals surface area contributed by atoms with E-state index in [1.54, 1.807) is 11.3 Å². The van der Waals surface area contributed by atoms with Crippen molar-refractivity contribution in [3.63, 3.8) is 0 Å². The maximum atomic E-state index is 4.59. The van der Waals surface area contributed by atoms with E-state index in [9.17, 15) is 0 Å². The molecule has 1 N–H and O–H groups in total. The van der Waals surface area contributed by atoms with E-state index in [4.69, 9.17) is 0 Å². The average Bonchev–Trinajstić information content (AvgIpc) is 2.75. The molecular formula is C13H6Br4N2S. The third kappa shape index (κ3) is 3.11. The van der Waals surface area contributed by atoms with Crippen LogP contribution in [0.15, 0.2) is 48.2 Å². The number of fused-ring (bicyclic) bond motifs is 1. The molecule has 1 heterocycles. The van der Waals surface area contributed by atoms with E-state index in [2.05, 4.69) is 80.1 Å². The van der Waals surface area contributed by atoms with Gasteiger partial charge in [-0.2, -0.15) is 0 Å². The van der Waals surface area contributed by atoms with Crippen LogP contribution in [0.1, 0.15) is 0 Å². The first-order valence-electron chi connectivity index (χ1n) is 5.50. The summed E-state index contributed by atoms with van der Waals surface area (Å²) >= 11 is 15.7. The van der Waals surface area contributed by atoms with Gasteiger partial charge in [0.25, 0.3) is 0 Å². The van der Waals surface area contributed by atoms with Crippen molar-refractivity contribution in [3.8, 4) is 0 Å². The lowest BCUT2D eigenvalue weighted by molar-refractivity contribution is 1.42. The predicted molar refractivity (Wildman–Crippen MR) is 100 cm³/mol. The SMILES string of the molecule is Brc1cc(Br)c(Nc2nc3ccc(Br)cc3s2)c(Br)c1. The van der Waals surface area contributed by atoms with Crippen LogP contribution in [0.4, 0.5) is 10.8 Å². The second-order valence-electron chi connectivity index (χ2n) is 4.00. The Bertz CT molecular complexity index is 777. The molecule has 0 spiro atoms. The lowest BCUT2D eigenvalue weighted by atomic mass is 10.3. The van der Waals surface area contributed by atoms with Crippen molar-refractivity contribution in [2.75, 3.05) is 5.32 Å². The van der Waals surface area contributed by atoms with Crippen LogP contribution in [0.5, 0.6) is 0 Å². The van der Waals surface area contributed by atoms with E-state index in [-0.39, 0.29) is 0 Å². The van der Waals surface area contributed by atoms with Crippen LogP contribution in [-0.2, 0) is 0 Å². The van der Waals surface area contributed by atoms with Crippen molar-refractivity contribution in [1.82, 2.24) is 4.98 Å². The molecule has 7 heteroatoms.